The van der Waals surface area contributed by atoms with Crippen molar-refractivity contribution in [3.05, 3.63) is 47.8 Å². The van der Waals surface area contributed by atoms with E-state index in [9.17, 15) is 0 Å². The van der Waals surface area contributed by atoms with E-state index in [0.29, 0.717) is 17.7 Å². The number of benzene rings is 1. The number of aromatic nitrogens is 2. The number of nitrogens with one attached hydrogen (secondary N) is 1. The second-order valence-electron chi connectivity index (χ2n) is 4.58. The topological polar surface area (TPSA) is 47.0 Å². The predicted molar refractivity (Wildman–Crippen MR) is 76.6 cm³/mol. The Balaban J connectivity index is 2.02. The Morgan fingerprint density at radius 3 is 2.63 bits per heavy atom. The van der Waals surface area contributed by atoms with Crippen LogP contribution in [0.3, 0.4) is 0 Å². The number of hydrogen-bond donors (Lipinski definition) is 1. The van der Waals surface area contributed by atoms with Gasteiger partial charge in [0.15, 0.2) is 0 Å². The first-order chi connectivity index (χ1) is 9.17. The van der Waals surface area contributed by atoms with Crippen molar-refractivity contribution in [3.8, 4) is 5.88 Å². The molecule has 0 aliphatic rings. The fraction of sp³-hybridized carbons (Fsp3) is 0.333. The molecule has 1 aromatic heterocycles. The summed E-state index contributed by atoms with van der Waals surface area (Å²) in [5, 5.41) is 3.37. The minimum Gasteiger partial charge on any atom is -0.481 e. The summed E-state index contributed by atoms with van der Waals surface area (Å²) in [5.74, 6) is 2.09. The van der Waals surface area contributed by atoms with Gasteiger partial charge in [-0.15, -0.1) is 0 Å². The van der Waals surface area contributed by atoms with Crippen LogP contribution in [0.2, 0.25) is 0 Å². The molecule has 2 rings (SSSR count). The standard InChI is InChI=1S/C15H19N3O/c1-11(9-13-7-5-4-6-8-13)16-14-10-15(19-3)18-12(2)17-14/h4-8,10-11H,9H2,1-3H3,(H,16,17,18). The Morgan fingerprint density at radius 1 is 1.21 bits per heavy atom. The highest BCUT2D eigenvalue weighted by atomic mass is 16.5. The van der Waals surface area contributed by atoms with Gasteiger partial charge in [0.25, 0.3) is 0 Å². The first-order valence-corrected chi connectivity index (χ1v) is 6.37. The van der Waals surface area contributed by atoms with Gasteiger partial charge in [0.1, 0.15) is 11.6 Å². The molecule has 0 saturated heterocycles. The minimum absolute atomic E-state index is 0.293. The monoisotopic (exact) mass is 257 g/mol. The molecule has 0 aliphatic carbocycles. The molecule has 4 nitrogen and oxygen atoms in total. The van der Waals surface area contributed by atoms with Crippen molar-refractivity contribution in [2.24, 2.45) is 0 Å². The van der Waals surface area contributed by atoms with Gasteiger partial charge in [-0.3, -0.25) is 0 Å². The normalized spacial score (nSPS) is 11.9. The lowest BCUT2D eigenvalue weighted by Crippen LogP contribution is -2.19. The van der Waals surface area contributed by atoms with E-state index in [1.165, 1.54) is 5.56 Å². The number of anilines is 1. The summed E-state index contributed by atoms with van der Waals surface area (Å²) >= 11 is 0. The molecule has 1 aromatic carbocycles. The van der Waals surface area contributed by atoms with Crippen LogP contribution in [0.5, 0.6) is 5.88 Å². The summed E-state index contributed by atoms with van der Waals surface area (Å²) in [6, 6.07) is 12.5. The van der Waals surface area contributed by atoms with Crippen molar-refractivity contribution in [2.75, 3.05) is 12.4 Å². The zero-order chi connectivity index (χ0) is 13.7. The average Bonchev–Trinajstić information content (AvgIpc) is 2.38. The third-order valence-corrected chi connectivity index (χ3v) is 2.80. The van der Waals surface area contributed by atoms with Gasteiger partial charge in [0.05, 0.1) is 7.11 Å². The van der Waals surface area contributed by atoms with E-state index < -0.39 is 0 Å². The van der Waals surface area contributed by atoms with Gasteiger partial charge < -0.3 is 10.1 Å². The molecule has 1 unspecified atom stereocenters. The van der Waals surface area contributed by atoms with Gasteiger partial charge in [-0.25, -0.2) is 4.98 Å². The second kappa shape index (κ2) is 6.18. The van der Waals surface area contributed by atoms with E-state index in [2.05, 4.69) is 46.5 Å². The lowest BCUT2D eigenvalue weighted by atomic mass is 10.1. The lowest BCUT2D eigenvalue weighted by Gasteiger charge is -2.15. The fourth-order valence-corrected chi connectivity index (χ4v) is 1.99. The smallest absolute Gasteiger partial charge is 0.218 e. The maximum atomic E-state index is 5.14. The SMILES string of the molecule is COc1cc(NC(C)Cc2ccccc2)nc(C)n1. The van der Waals surface area contributed by atoms with Crippen LogP contribution in [0.1, 0.15) is 18.3 Å². The molecule has 0 bridgehead atoms. The molecule has 4 heteroatoms. The Bertz CT molecular complexity index is 528. The molecule has 1 N–H and O–H groups in total. The number of rotatable bonds is 5. The Labute approximate surface area is 113 Å². The molecule has 0 radical (unpaired) electrons. The van der Waals surface area contributed by atoms with Gasteiger partial charge in [0, 0.05) is 12.1 Å². The molecule has 0 amide bonds. The average molecular weight is 257 g/mol. The fourth-order valence-electron chi connectivity index (χ4n) is 1.99. The van der Waals surface area contributed by atoms with E-state index in [-0.39, 0.29) is 0 Å². The summed E-state index contributed by atoms with van der Waals surface area (Å²) in [4.78, 5) is 8.53. The Hall–Kier alpha value is -2.10. The number of nitrogens with zero attached hydrogens (tertiary/aromatic N) is 2. The summed E-state index contributed by atoms with van der Waals surface area (Å²) < 4.78 is 5.14. The quantitative estimate of drug-likeness (QED) is 0.894. The Morgan fingerprint density at radius 2 is 1.95 bits per heavy atom. The van der Waals surface area contributed by atoms with E-state index >= 15 is 0 Å². The van der Waals surface area contributed by atoms with Gasteiger partial charge in [-0.1, -0.05) is 30.3 Å². The number of hydrogen-bond acceptors (Lipinski definition) is 4. The molecule has 100 valence electrons. The zero-order valence-corrected chi connectivity index (χ0v) is 11.6. The zero-order valence-electron chi connectivity index (χ0n) is 11.6. The van der Waals surface area contributed by atoms with Gasteiger partial charge in [0.2, 0.25) is 5.88 Å². The predicted octanol–water partition coefficient (Wildman–Crippen LogP) is 2.84. The third-order valence-electron chi connectivity index (χ3n) is 2.80. The van der Waals surface area contributed by atoms with Crippen molar-refractivity contribution in [1.29, 1.82) is 0 Å². The highest BCUT2D eigenvalue weighted by Crippen LogP contribution is 2.14. The third kappa shape index (κ3) is 3.95. The Kier molecular flexibility index (Phi) is 4.34. The highest BCUT2D eigenvalue weighted by molar-refractivity contribution is 5.39. The lowest BCUT2D eigenvalue weighted by molar-refractivity contribution is 0.396. The molecular formula is C15H19N3O. The largest absolute Gasteiger partial charge is 0.481 e. The van der Waals surface area contributed by atoms with Crippen LogP contribution in [0, 0.1) is 6.92 Å². The molecule has 19 heavy (non-hydrogen) atoms. The van der Waals surface area contributed by atoms with E-state index in [0.717, 1.165) is 12.2 Å². The summed E-state index contributed by atoms with van der Waals surface area (Å²) in [6.07, 6.45) is 0.951. The molecule has 0 saturated carbocycles. The van der Waals surface area contributed by atoms with Crippen molar-refractivity contribution < 1.29 is 4.74 Å². The number of methoxy groups -OCH3 is 1. The van der Waals surface area contributed by atoms with Crippen LogP contribution in [-0.4, -0.2) is 23.1 Å². The van der Waals surface area contributed by atoms with Crippen LogP contribution in [0.4, 0.5) is 5.82 Å². The van der Waals surface area contributed by atoms with Gasteiger partial charge >= 0.3 is 0 Å². The maximum Gasteiger partial charge on any atom is 0.218 e. The first kappa shape index (κ1) is 13.3. The van der Waals surface area contributed by atoms with Crippen LogP contribution in [-0.2, 0) is 6.42 Å². The molecule has 0 spiro atoms. The summed E-state index contributed by atoms with van der Waals surface area (Å²) in [5.41, 5.74) is 1.31. The van der Waals surface area contributed by atoms with Crippen LogP contribution >= 0.6 is 0 Å². The maximum absolute atomic E-state index is 5.14. The summed E-state index contributed by atoms with van der Waals surface area (Å²) in [7, 11) is 1.61. The van der Waals surface area contributed by atoms with Crippen molar-refractivity contribution >= 4 is 5.82 Å². The number of ether oxygens (including phenoxy) is 1. The minimum atomic E-state index is 0.293. The van der Waals surface area contributed by atoms with E-state index in [1.807, 2.05) is 19.1 Å². The molecule has 0 fully saturated rings. The molecule has 1 heterocycles. The van der Waals surface area contributed by atoms with Crippen LogP contribution in [0.15, 0.2) is 36.4 Å². The van der Waals surface area contributed by atoms with E-state index in [4.69, 9.17) is 4.74 Å². The van der Waals surface area contributed by atoms with E-state index in [1.54, 1.807) is 7.11 Å². The van der Waals surface area contributed by atoms with Gasteiger partial charge in [-0.05, 0) is 25.8 Å². The molecular weight excluding hydrogens is 238 g/mol. The first-order valence-electron chi connectivity index (χ1n) is 6.37. The molecule has 2 aromatic rings. The second-order valence-corrected chi connectivity index (χ2v) is 4.58. The van der Waals surface area contributed by atoms with Gasteiger partial charge in [-0.2, -0.15) is 4.98 Å². The van der Waals surface area contributed by atoms with Crippen LogP contribution in [0.25, 0.3) is 0 Å². The highest BCUT2D eigenvalue weighted by Gasteiger charge is 2.07. The van der Waals surface area contributed by atoms with Crippen molar-refractivity contribution in [2.45, 2.75) is 26.3 Å². The van der Waals surface area contributed by atoms with Crippen molar-refractivity contribution in [1.82, 2.24) is 9.97 Å². The number of aryl methyl sites for hydroxylation is 1. The van der Waals surface area contributed by atoms with Crippen LogP contribution < -0.4 is 10.1 Å². The molecule has 0 aliphatic heterocycles. The summed E-state index contributed by atoms with van der Waals surface area (Å²) in [6.45, 7) is 3.99. The molecule has 1 atom stereocenters. The van der Waals surface area contributed by atoms with Crippen molar-refractivity contribution in [3.63, 3.8) is 0 Å².